The number of hydrogen-bond acceptors (Lipinski definition) is 7. The van der Waals surface area contributed by atoms with Crippen LogP contribution < -0.4 is 5.43 Å². The maximum atomic E-state index is 12.3. The molecule has 8 nitrogen and oxygen atoms in total. The van der Waals surface area contributed by atoms with E-state index >= 15 is 0 Å². The fourth-order valence-electron chi connectivity index (χ4n) is 2.40. The van der Waals surface area contributed by atoms with Gasteiger partial charge in [0.25, 0.3) is 0 Å². The Bertz CT molecular complexity index is 890. The highest BCUT2D eigenvalue weighted by Crippen LogP contribution is 2.22. The lowest BCUT2D eigenvalue weighted by Crippen LogP contribution is -2.60. The summed E-state index contributed by atoms with van der Waals surface area (Å²) >= 11 is 0. The molecule has 0 saturated heterocycles. The first kappa shape index (κ1) is 22.0. The summed E-state index contributed by atoms with van der Waals surface area (Å²) < 4.78 is 10.2. The molecule has 1 aromatic rings. The molecule has 29 heavy (non-hydrogen) atoms. The van der Waals surface area contributed by atoms with Crippen molar-refractivity contribution in [3.8, 4) is 11.8 Å². The molecule has 1 amide bonds. The maximum absolute atomic E-state index is 12.3. The summed E-state index contributed by atoms with van der Waals surface area (Å²) in [6.07, 6.45) is 0.325. The summed E-state index contributed by atoms with van der Waals surface area (Å²) in [6, 6.07) is 8.98. The summed E-state index contributed by atoms with van der Waals surface area (Å²) in [5.74, 6) is 4.94. The number of hydrogen-bond donors (Lipinski definition) is 2. The molecule has 1 atom stereocenters. The van der Waals surface area contributed by atoms with Crippen LogP contribution in [0.15, 0.2) is 47.1 Å². The maximum Gasteiger partial charge on any atom is 0.426 e. The van der Waals surface area contributed by atoms with Crippen LogP contribution in [0.5, 0.6) is 0 Å². The number of amidine groups is 1. The first-order valence-corrected chi connectivity index (χ1v) is 9.10. The summed E-state index contributed by atoms with van der Waals surface area (Å²) in [4.78, 5) is 28.5. The van der Waals surface area contributed by atoms with Gasteiger partial charge < -0.3 is 14.6 Å². The zero-order chi connectivity index (χ0) is 21.7. The van der Waals surface area contributed by atoms with E-state index in [1.807, 2.05) is 6.07 Å². The van der Waals surface area contributed by atoms with Gasteiger partial charge in [-0.3, -0.25) is 0 Å². The van der Waals surface area contributed by atoms with E-state index < -0.39 is 23.4 Å². The molecule has 1 aliphatic heterocycles. The zero-order valence-electron chi connectivity index (χ0n) is 17.1. The van der Waals surface area contributed by atoms with E-state index in [2.05, 4.69) is 22.3 Å². The number of amides is 1. The normalized spacial score (nSPS) is 18.6. The Kier molecular flexibility index (Phi) is 6.67. The highest BCUT2D eigenvalue weighted by molar-refractivity contribution is 5.95. The molecule has 0 spiro atoms. The number of aliphatic imine (C=N–C) groups is 1. The van der Waals surface area contributed by atoms with Gasteiger partial charge in [-0.15, -0.1) is 0 Å². The molecule has 0 radical (unpaired) electrons. The molecule has 8 heteroatoms. The Morgan fingerprint density at radius 1 is 1.28 bits per heavy atom. The minimum Gasteiger partial charge on any atom is -0.461 e. The third-order valence-electron chi connectivity index (χ3n) is 3.54. The third-order valence-corrected chi connectivity index (χ3v) is 3.54. The van der Waals surface area contributed by atoms with Crippen molar-refractivity contribution in [2.24, 2.45) is 4.99 Å². The Labute approximate surface area is 170 Å². The van der Waals surface area contributed by atoms with Crippen LogP contribution in [0.25, 0.3) is 0 Å². The summed E-state index contributed by atoms with van der Waals surface area (Å²) in [7, 11) is 0. The van der Waals surface area contributed by atoms with E-state index in [1.165, 1.54) is 6.92 Å². The second kappa shape index (κ2) is 8.80. The van der Waals surface area contributed by atoms with Gasteiger partial charge in [0, 0.05) is 11.6 Å². The highest BCUT2D eigenvalue weighted by Gasteiger charge is 2.39. The van der Waals surface area contributed by atoms with Crippen molar-refractivity contribution in [2.75, 3.05) is 6.61 Å². The molecule has 2 N–H and O–H groups in total. The lowest BCUT2D eigenvalue weighted by molar-refractivity contribution is -0.138. The Morgan fingerprint density at radius 3 is 2.52 bits per heavy atom. The van der Waals surface area contributed by atoms with Gasteiger partial charge in [0.1, 0.15) is 11.4 Å². The molecule has 1 heterocycles. The monoisotopic (exact) mass is 399 g/mol. The van der Waals surface area contributed by atoms with Gasteiger partial charge in [0.05, 0.1) is 6.61 Å². The van der Waals surface area contributed by atoms with Crippen molar-refractivity contribution in [1.29, 1.82) is 0 Å². The molecule has 0 aromatic heterocycles. The summed E-state index contributed by atoms with van der Waals surface area (Å²) in [5, 5.41) is 12.3. The first-order valence-electron chi connectivity index (χ1n) is 9.10. The Morgan fingerprint density at radius 2 is 1.93 bits per heavy atom. The molecule has 2 rings (SSSR count). The van der Waals surface area contributed by atoms with E-state index in [1.54, 1.807) is 52.0 Å². The number of carbonyl (C=O) groups excluding carboxylic acids is 2. The molecular weight excluding hydrogens is 374 g/mol. The van der Waals surface area contributed by atoms with Gasteiger partial charge in [0.15, 0.2) is 5.70 Å². The fraction of sp³-hybridized carbons (Fsp3) is 0.381. The fourth-order valence-corrected chi connectivity index (χ4v) is 2.40. The van der Waals surface area contributed by atoms with Gasteiger partial charge in [-0.05, 0) is 52.7 Å². The van der Waals surface area contributed by atoms with Crippen molar-refractivity contribution in [1.82, 2.24) is 10.4 Å². The number of rotatable bonds is 3. The first-order chi connectivity index (χ1) is 13.5. The molecule has 1 aliphatic rings. The van der Waals surface area contributed by atoms with Crippen LogP contribution in [0.4, 0.5) is 4.79 Å². The second-order valence-corrected chi connectivity index (χ2v) is 7.20. The van der Waals surface area contributed by atoms with Gasteiger partial charge in [-0.25, -0.2) is 25.0 Å². The number of aliphatic hydroxyl groups is 1. The van der Waals surface area contributed by atoms with E-state index in [9.17, 15) is 14.7 Å². The molecule has 1 unspecified atom stereocenters. The van der Waals surface area contributed by atoms with Crippen molar-refractivity contribution in [3.63, 3.8) is 0 Å². The van der Waals surface area contributed by atoms with Crippen LogP contribution in [-0.4, -0.2) is 45.9 Å². The van der Waals surface area contributed by atoms with Gasteiger partial charge in [-0.2, -0.15) is 0 Å². The Hall–Kier alpha value is -3.31. The zero-order valence-corrected chi connectivity index (χ0v) is 17.1. The molecule has 1 aromatic carbocycles. The van der Waals surface area contributed by atoms with Crippen LogP contribution in [0, 0.1) is 11.8 Å². The van der Waals surface area contributed by atoms with E-state index in [-0.39, 0.29) is 18.1 Å². The lowest BCUT2D eigenvalue weighted by Gasteiger charge is -2.37. The quantitative estimate of drug-likeness (QED) is 0.598. The number of nitrogens with zero attached hydrogens (tertiary/aromatic N) is 2. The highest BCUT2D eigenvalue weighted by atomic mass is 16.6. The number of carbonyl (C=O) groups is 2. The van der Waals surface area contributed by atoms with Crippen LogP contribution in [0.1, 0.15) is 40.2 Å². The molecule has 0 aliphatic carbocycles. The number of benzene rings is 1. The van der Waals surface area contributed by atoms with E-state index in [0.717, 1.165) is 11.1 Å². The second-order valence-electron chi connectivity index (χ2n) is 7.20. The number of hydrazine groups is 1. The molecule has 0 fully saturated rings. The van der Waals surface area contributed by atoms with Crippen molar-refractivity contribution in [2.45, 2.75) is 45.9 Å². The third kappa shape index (κ3) is 6.09. The van der Waals surface area contributed by atoms with Crippen LogP contribution in [0.2, 0.25) is 0 Å². The average Bonchev–Trinajstić information content (AvgIpc) is 2.63. The summed E-state index contributed by atoms with van der Waals surface area (Å²) in [5.41, 5.74) is 0.164. The lowest BCUT2D eigenvalue weighted by atomic mass is 10.1. The van der Waals surface area contributed by atoms with Crippen LogP contribution >= 0.6 is 0 Å². The molecular formula is C21H25N3O5. The molecule has 0 bridgehead atoms. The SMILES string of the molecule is CCOC(=O)C1=CC(O)(C#Cc2ccccc2)N(NC(=O)OC(C)(C)C)C(C)=N1. The Balaban J connectivity index is 2.42. The van der Waals surface area contributed by atoms with Gasteiger partial charge in [-0.1, -0.05) is 24.1 Å². The van der Waals surface area contributed by atoms with Gasteiger partial charge >= 0.3 is 12.1 Å². The largest absolute Gasteiger partial charge is 0.461 e. The van der Waals surface area contributed by atoms with Gasteiger partial charge in [0.2, 0.25) is 5.72 Å². The predicted molar refractivity (Wildman–Crippen MR) is 107 cm³/mol. The molecule has 0 saturated carbocycles. The summed E-state index contributed by atoms with van der Waals surface area (Å²) in [6.45, 7) is 8.46. The predicted octanol–water partition coefficient (Wildman–Crippen LogP) is 2.35. The minimum atomic E-state index is -2.05. The van der Waals surface area contributed by atoms with E-state index in [0.29, 0.717) is 5.56 Å². The number of esters is 1. The van der Waals surface area contributed by atoms with Crippen LogP contribution in [-0.2, 0) is 14.3 Å². The topological polar surface area (TPSA) is 100 Å². The van der Waals surface area contributed by atoms with Crippen LogP contribution in [0.3, 0.4) is 0 Å². The minimum absolute atomic E-state index is 0.114. The number of nitrogens with one attached hydrogen (secondary N) is 1. The van der Waals surface area contributed by atoms with E-state index in [4.69, 9.17) is 9.47 Å². The standard InChI is InChI=1S/C21H25N3O5/c1-6-28-18(25)17-14-21(27,13-12-16-10-8-7-9-11-16)24(15(2)22-17)23-19(26)29-20(3,4)5/h7-11,14,27H,6H2,1-5H3,(H,23,26). The number of ether oxygens (including phenoxy) is 2. The van der Waals surface area contributed by atoms with Crippen molar-refractivity contribution in [3.05, 3.63) is 47.7 Å². The van der Waals surface area contributed by atoms with Crippen molar-refractivity contribution < 1.29 is 24.2 Å². The average molecular weight is 399 g/mol. The molecule has 154 valence electrons. The van der Waals surface area contributed by atoms with Crippen molar-refractivity contribution >= 4 is 17.9 Å². The smallest absolute Gasteiger partial charge is 0.426 e.